The lowest BCUT2D eigenvalue weighted by Crippen LogP contribution is -2.50. The molecule has 2 heterocycles. The molecule has 1 aromatic carbocycles. The summed E-state index contributed by atoms with van der Waals surface area (Å²) < 4.78 is 0. The molecule has 7 nitrogen and oxygen atoms in total. The van der Waals surface area contributed by atoms with Gasteiger partial charge >= 0.3 is 0 Å². The molecule has 30 heavy (non-hydrogen) atoms. The number of hydrogen-bond acceptors (Lipinski definition) is 5. The van der Waals surface area contributed by atoms with Crippen LogP contribution in [0, 0.1) is 5.92 Å². The molecule has 1 saturated carbocycles. The second kappa shape index (κ2) is 9.00. The van der Waals surface area contributed by atoms with Gasteiger partial charge in [-0.25, -0.2) is 4.98 Å². The Labute approximate surface area is 176 Å². The van der Waals surface area contributed by atoms with E-state index in [2.05, 4.69) is 10.3 Å². The zero-order valence-corrected chi connectivity index (χ0v) is 17.2. The number of nitrogens with one attached hydrogen (secondary N) is 1. The molecule has 1 aliphatic carbocycles. The van der Waals surface area contributed by atoms with Gasteiger partial charge in [0.25, 0.3) is 5.91 Å². The topological polar surface area (TPSA) is 109 Å². The van der Waals surface area contributed by atoms with Crippen molar-refractivity contribution >= 4 is 28.4 Å². The molecule has 7 heteroatoms. The molecule has 0 spiro atoms. The Morgan fingerprint density at radius 2 is 1.97 bits per heavy atom. The van der Waals surface area contributed by atoms with Crippen molar-refractivity contribution in [3.05, 3.63) is 36.0 Å². The van der Waals surface area contributed by atoms with E-state index in [0.29, 0.717) is 25.3 Å². The summed E-state index contributed by atoms with van der Waals surface area (Å²) in [4.78, 5) is 31.4. The number of fused-ring (bicyclic) bond motifs is 1. The fraction of sp³-hybridized carbons (Fsp3) is 0.522. The minimum absolute atomic E-state index is 0.0232. The quantitative estimate of drug-likeness (QED) is 0.701. The van der Waals surface area contributed by atoms with Gasteiger partial charge in [-0.2, -0.15) is 0 Å². The van der Waals surface area contributed by atoms with E-state index in [4.69, 9.17) is 5.73 Å². The van der Waals surface area contributed by atoms with Crippen molar-refractivity contribution in [3.63, 3.8) is 0 Å². The van der Waals surface area contributed by atoms with Crippen LogP contribution in [-0.4, -0.2) is 45.5 Å². The average molecular weight is 411 g/mol. The molecule has 2 atom stereocenters. The molecule has 2 fully saturated rings. The molecule has 160 valence electrons. The summed E-state index contributed by atoms with van der Waals surface area (Å²) in [7, 11) is 0. The first-order valence-electron chi connectivity index (χ1n) is 10.9. The average Bonchev–Trinajstić information content (AvgIpc) is 3.27. The van der Waals surface area contributed by atoms with Gasteiger partial charge in [0.1, 0.15) is 18.0 Å². The van der Waals surface area contributed by atoms with Crippen LogP contribution in [0.1, 0.15) is 50.5 Å². The van der Waals surface area contributed by atoms with Gasteiger partial charge in [0.2, 0.25) is 5.91 Å². The number of carbonyl (C=O) groups is 2. The van der Waals surface area contributed by atoms with E-state index in [1.54, 1.807) is 11.1 Å². The third-order valence-electron chi connectivity index (χ3n) is 6.51. The van der Waals surface area contributed by atoms with Crippen LogP contribution < -0.4 is 11.1 Å². The molecule has 1 saturated heterocycles. The van der Waals surface area contributed by atoms with Crippen molar-refractivity contribution < 1.29 is 14.7 Å². The van der Waals surface area contributed by atoms with Gasteiger partial charge in [0.15, 0.2) is 0 Å². The molecular formula is C23H30N4O3. The number of aliphatic hydroxyl groups is 1. The standard InChI is InChI=1S/C23H30N4O3/c24-21-18-9-8-15(13-17(18)10-11-25-21)14-26-22(29)19-7-4-12-27(19)23(30)20(28)16-5-2-1-3-6-16/h8-11,13,16,19-20,28H,1-7,12,14H2,(H2,24,25)(H,26,29). The number of benzene rings is 1. The number of carbonyl (C=O) groups excluding carboxylic acids is 2. The fourth-order valence-electron chi connectivity index (χ4n) is 4.79. The molecule has 0 bridgehead atoms. The van der Waals surface area contributed by atoms with Crippen molar-refractivity contribution in [1.82, 2.24) is 15.2 Å². The van der Waals surface area contributed by atoms with Crippen molar-refractivity contribution in [2.75, 3.05) is 12.3 Å². The van der Waals surface area contributed by atoms with Crippen LogP contribution in [0.15, 0.2) is 30.5 Å². The molecule has 4 N–H and O–H groups in total. The highest BCUT2D eigenvalue weighted by molar-refractivity contribution is 5.92. The van der Waals surface area contributed by atoms with Crippen LogP contribution >= 0.6 is 0 Å². The first-order valence-corrected chi connectivity index (χ1v) is 10.9. The normalized spacial score (nSPS) is 21.0. The molecule has 4 rings (SSSR count). The van der Waals surface area contributed by atoms with Crippen LogP contribution in [0.5, 0.6) is 0 Å². The number of rotatable bonds is 5. The summed E-state index contributed by atoms with van der Waals surface area (Å²) in [6, 6.07) is 7.20. The maximum Gasteiger partial charge on any atom is 0.252 e. The summed E-state index contributed by atoms with van der Waals surface area (Å²) in [6.45, 7) is 0.906. The number of nitrogens with two attached hydrogens (primary N) is 1. The number of aromatic nitrogens is 1. The number of pyridine rings is 1. The Balaban J connectivity index is 1.38. The van der Waals surface area contributed by atoms with E-state index in [0.717, 1.165) is 48.4 Å². The van der Waals surface area contributed by atoms with E-state index in [1.807, 2.05) is 24.3 Å². The SMILES string of the molecule is Nc1nccc2cc(CNC(=O)C3CCCN3C(=O)C(O)C3CCCCC3)ccc12. The summed E-state index contributed by atoms with van der Waals surface area (Å²) >= 11 is 0. The zero-order chi connectivity index (χ0) is 21.1. The highest BCUT2D eigenvalue weighted by atomic mass is 16.3. The predicted octanol–water partition coefficient (Wildman–Crippen LogP) is 2.37. The van der Waals surface area contributed by atoms with E-state index in [1.165, 1.54) is 6.42 Å². The molecule has 2 unspecified atom stereocenters. The van der Waals surface area contributed by atoms with Crippen molar-refractivity contribution in [2.24, 2.45) is 5.92 Å². The molecule has 1 aromatic heterocycles. The van der Waals surface area contributed by atoms with Crippen LogP contribution in [0.4, 0.5) is 5.82 Å². The lowest BCUT2D eigenvalue weighted by atomic mass is 9.84. The van der Waals surface area contributed by atoms with Gasteiger partial charge in [0.05, 0.1) is 0 Å². The minimum Gasteiger partial charge on any atom is -0.383 e. The molecule has 0 radical (unpaired) electrons. The number of amides is 2. The van der Waals surface area contributed by atoms with E-state index in [9.17, 15) is 14.7 Å². The molecule has 2 aromatic rings. The van der Waals surface area contributed by atoms with Crippen LogP contribution in [0.25, 0.3) is 10.8 Å². The fourth-order valence-corrected chi connectivity index (χ4v) is 4.79. The van der Waals surface area contributed by atoms with Crippen molar-refractivity contribution in [2.45, 2.75) is 63.6 Å². The maximum absolute atomic E-state index is 12.9. The number of nitrogens with zero attached hydrogens (tertiary/aromatic N) is 2. The van der Waals surface area contributed by atoms with Crippen molar-refractivity contribution in [1.29, 1.82) is 0 Å². The second-order valence-electron chi connectivity index (χ2n) is 8.50. The Hall–Kier alpha value is -2.67. The highest BCUT2D eigenvalue weighted by Crippen LogP contribution is 2.29. The number of nitrogen functional groups attached to an aromatic ring is 1. The minimum atomic E-state index is -0.988. The summed E-state index contributed by atoms with van der Waals surface area (Å²) in [5.74, 6) is 0.0640. The zero-order valence-electron chi connectivity index (χ0n) is 17.2. The Kier molecular flexibility index (Phi) is 6.18. The van der Waals surface area contributed by atoms with E-state index in [-0.39, 0.29) is 17.7 Å². The lowest BCUT2D eigenvalue weighted by molar-refractivity contribution is -0.148. The highest BCUT2D eigenvalue weighted by Gasteiger charge is 2.39. The number of anilines is 1. The van der Waals surface area contributed by atoms with Gasteiger partial charge in [-0.05, 0) is 54.7 Å². The van der Waals surface area contributed by atoms with Gasteiger partial charge in [-0.3, -0.25) is 9.59 Å². The lowest BCUT2D eigenvalue weighted by Gasteiger charge is -2.31. The van der Waals surface area contributed by atoms with Crippen LogP contribution in [0.2, 0.25) is 0 Å². The van der Waals surface area contributed by atoms with E-state index < -0.39 is 12.1 Å². The smallest absolute Gasteiger partial charge is 0.252 e. The van der Waals surface area contributed by atoms with E-state index >= 15 is 0 Å². The third kappa shape index (κ3) is 4.26. The van der Waals surface area contributed by atoms with Crippen molar-refractivity contribution in [3.8, 4) is 0 Å². The Morgan fingerprint density at radius 3 is 2.77 bits per heavy atom. The largest absolute Gasteiger partial charge is 0.383 e. The second-order valence-corrected chi connectivity index (χ2v) is 8.50. The van der Waals surface area contributed by atoms with Gasteiger partial charge in [-0.15, -0.1) is 0 Å². The molecular weight excluding hydrogens is 380 g/mol. The summed E-state index contributed by atoms with van der Waals surface area (Å²) in [5.41, 5.74) is 6.85. The van der Waals surface area contributed by atoms with Crippen LogP contribution in [-0.2, 0) is 16.1 Å². The van der Waals surface area contributed by atoms with Crippen LogP contribution in [0.3, 0.4) is 0 Å². The predicted molar refractivity (Wildman–Crippen MR) is 115 cm³/mol. The number of hydrogen-bond donors (Lipinski definition) is 3. The third-order valence-corrected chi connectivity index (χ3v) is 6.51. The summed E-state index contributed by atoms with van der Waals surface area (Å²) in [5, 5.41) is 15.4. The molecule has 2 aliphatic rings. The first-order chi connectivity index (χ1) is 14.5. The van der Waals surface area contributed by atoms with Gasteiger partial charge in [0, 0.05) is 24.7 Å². The molecule has 1 aliphatic heterocycles. The molecule has 2 amide bonds. The van der Waals surface area contributed by atoms with Gasteiger partial charge in [-0.1, -0.05) is 31.4 Å². The Morgan fingerprint density at radius 1 is 1.17 bits per heavy atom. The van der Waals surface area contributed by atoms with Gasteiger partial charge < -0.3 is 21.1 Å². The number of aliphatic hydroxyl groups excluding tert-OH is 1. The maximum atomic E-state index is 12.9. The monoisotopic (exact) mass is 410 g/mol. The Bertz CT molecular complexity index is 926. The summed E-state index contributed by atoms with van der Waals surface area (Å²) in [6.07, 6.45) is 7.17. The first kappa shape index (κ1) is 20.6. The number of likely N-dealkylation sites (tertiary alicyclic amines) is 1.